The fourth-order valence-corrected chi connectivity index (χ4v) is 2.33. The minimum absolute atomic E-state index is 0.0848. The summed E-state index contributed by atoms with van der Waals surface area (Å²) in [6, 6.07) is 7.25. The van der Waals surface area contributed by atoms with Crippen molar-refractivity contribution >= 4 is 5.91 Å². The van der Waals surface area contributed by atoms with Crippen LogP contribution in [0.4, 0.5) is 0 Å². The molecule has 0 aliphatic rings. The number of hydrogen-bond donors (Lipinski definition) is 0. The molecule has 3 aromatic heterocycles. The average Bonchev–Trinajstić information content (AvgIpc) is 3.26. The lowest BCUT2D eigenvalue weighted by molar-refractivity contribution is 0.0708. The van der Waals surface area contributed by atoms with Gasteiger partial charge in [0.2, 0.25) is 0 Å². The number of pyridine rings is 1. The van der Waals surface area contributed by atoms with Crippen LogP contribution in [0.1, 0.15) is 34.8 Å². The van der Waals surface area contributed by atoms with E-state index < -0.39 is 0 Å². The maximum absolute atomic E-state index is 12.6. The van der Waals surface area contributed by atoms with Crippen LogP contribution in [-0.2, 0) is 6.54 Å². The smallest absolute Gasteiger partial charge is 0.289 e. The Morgan fingerprint density at radius 1 is 1.30 bits per heavy atom. The Bertz CT molecular complexity index is 765. The number of aromatic nitrogens is 3. The second kappa shape index (κ2) is 6.48. The molecule has 0 N–H and O–H groups in total. The Labute approximate surface area is 134 Å². The van der Waals surface area contributed by atoms with Crippen LogP contribution in [0, 0.1) is 0 Å². The number of rotatable bonds is 5. The lowest BCUT2D eigenvalue weighted by Crippen LogP contribution is -2.29. The zero-order valence-corrected chi connectivity index (χ0v) is 13.1. The van der Waals surface area contributed by atoms with Crippen LogP contribution < -0.4 is 0 Å². The Morgan fingerprint density at radius 2 is 2.17 bits per heavy atom. The molecule has 23 heavy (non-hydrogen) atoms. The third-order valence-electron chi connectivity index (χ3n) is 3.84. The standard InChI is InChI=1S/C17H18N4O2/c1-13(14-4-3-7-18-10-14)20(2)17(22)16-6-5-15(23-16)11-21-9-8-19-12-21/h3-10,12-13H,11H2,1-2H3. The molecule has 3 aromatic rings. The van der Waals surface area contributed by atoms with Crippen LogP contribution in [0.15, 0.2) is 59.8 Å². The molecule has 0 aliphatic heterocycles. The van der Waals surface area contributed by atoms with E-state index in [9.17, 15) is 4.79 Å². The molecule has 0 saturated heterocycles. The number of hydrogen-bond acceptors (Lipinski definition) is 4. The first-order valence-electron chi connectivity index (χ1n) is 7.36. The molecule has 0 aliphatic carbocycles. The topological polar surface area (TPSA) is 64.2 Å². The van der Waals surface area contributed by atoms with E-state index in [1.54, 1.807) is 42.9 Å². The average molecular weight is 310 g/mol. The summed E-state index contributed by atoms with van der Waals surface area (Å²) >= 11 is 0. The summed E-state index contributed by atoms with van der Waals surface area (Å²) in [5, 5.41) is 0. The van der Waals surface area contributed by atoms with Crippen LogP contribution in [0.2, 0.25) is 0 Å². The van der Waals surface area contributed by atoms with Gasteiger partial charge in [-0.1, -0.05) is 6.07 Å². The quantitative estimate of drug-likeness (QED) is 0.727. The number of amides is 1. The summed E-state index contributed by atoms with van der Waals surface area (Å²) in [5.74, 6) is 0.894. The first-order valence-corrected chi connectivity index (χ1v) is 7.36. The van der Waals surface area contributed by atoms with Crippen molar-refractivity contribution in [3.8, 4) is 0 Å². The fraction of sp³-hybridized carbons (Fsp3) is 0.235. The predicted molar refractivity (Wildman–Crippen MR) is 84.8 cm³/mol. The molecule has 0 saturated carbocycles. The van der Waals surface area contributed by atoms with Gasteiger partial charge in [-0.15, -0.1) is 0 Å². The van der Waals surface area contributed by atoms with Crippen LogP contribution in [0.5, 0.6) is 0 Å². The molecule has 0 spiro atoms. The van der Waals surface area contributed by atoms with Crippen molar-refractivity contribution in [2.24, 2.45) is 0 Å². The maximum atomic E-state index is 12.6. The third kappa shape index (κ3) is 3.31. The summed E-state index contributed by atoms with van der Waals surface area (Å²) in [4.78, 5) is 22.3. The largest absolute Gasteiger partial charge is 0.454 e. The molecule has 0 bridgehead atoms. The van der Waals surface area contributed by atoms with Gasteiger partial charge in [0.25, 0.3) is 5.91 Å². The van der Waals surface area contributed by atoms with Gasteiger partial charge >= 0.3 is 0 Å². The number of furan rings is 1. The van der Waals surface area contributed by atoms with Crippen molar-refractivity contribution in [1.82, 2.24) is 19.4 Å². The SMILES string of the molecule is CC(c1cccnc1)N(C)C(=O)c1ccc(Cn2ccnc2)o1. The van der Waals surface area contributed by atoms with E-state index in [1.165, 1.54) is 0 Å². The highest BCUT2D eigenvalue weighted by Crippen LogP contribution is 2.21. The first kappa shape index (κ1) is 15.0. The van der Waals surface area contributed by atoms with Crippen LogP contribution >= 0.6 is 0 Å². The van der Waals surface area contributed by atoms with Crippen LogP contribution in [0.25, 0.3) is 0 Å². The van der Waals surface area contributed by atoms with E-state index >= 15 is 0 Å². The highest BCUT2D eigenvalue weighted by molar-refractivity contribution is 5.91. The van der Waals surface area contributed by atoms with Crippen LogP contribution in [-0.4, -0.2) is 32.4 Å². The van der Waals surface area contributed by atoms with Gasteiger partial charge < -0.3 is 13.9 Å². The molecular formula is C17H18N4O2. The molecule has 6 nitrogen and oxygen atoms in total. The molecule has 1 amide bonds. The molecule has 0 radical (unpaired) electrons. The second-order valence-corrected chi connectivity index (χ2v) is 5.38. The van der Waals surface area contributed by atoms with E-state index in [4.69, 9.17) is 4.42 Å². The van der Waals surface area contributed by atoms with Crippen LogP contribution in [0.3, 0.4) is 0 Å². The van der Waals surface area contributed by atoms with Gasteiger partial charge in [0.15, 0.2) is 5.76 Å². The number of carbonyl (C=O) groups is 1. The predicted octanol–water partition coefficient (Wildman–Crippen LogP) is 2.75. The van der Waals surface area contributed by atoms with E-state index in [1.807, 2.05) is 35.9 Å². The van der Waals surface area contributed by atoms with Gasteiger partial charge in [0.05, 0.1) is 18.9 Å². The monoisotopic (exact) mass is 310 g/mol. The molecule has 118 valence electrons. The second-order valence-electron chi connectivity index (χ2n) is 5.38. The lowest BCUT2D eigenvalue weighted by Gasteiger charge is -2.24. The molecule has 3 rings (SSSR count). The first-order chi connectivity index (χ1) is 11.1. The summed E-state index contributed by atoms with van der Waals surface area (Å²) in [5.41, 5.74) is 0.980. The van der Waals surface area contributed by atoms with Gasteiger partial charge in [-0.3, -0.25) is 9.78 Å². The minimum atomic E-state index is -0.154. The molecule has 0 aromatic carbocycles. The summed E-state index contributed by atoms with van der Waals surface area (Å²) < 4.78 is 7.55. The van der Waals surface area contributed by atoms with Crippen molar-refractivity contribution in [1.29, 1.82) is 0 Å². The number of imidazole rings is 1. The molecule has 6 heteroatoms. The van der Waals surface area contributed by atoms with Gasteiger partial charge in [0, 0.05) is 31.8 Å². The zero-order valence-electron chi connectivity index (χ0n) is 13.1. The van der Waals surface area contributed by atoms with Gasteiger partial charge in [-0.2, -0.15) is 0 Å². The summed E-state index contributed by atoms with van der Waals surface area (Å²) in [6.45, 7) is 2.51. The highest BCUT2D eigenvalue weighted by atomic mass is 16.4. The third-order valence-corrected chi connectivity index (χ3v) is 3.84. The fourth-order valence-electron chi connectivity index (χ4n) is 2.33. The number of nitrogens with zero attached hydrogens (tertiary/aromatic N) is 4. The molecule has 0 fully saturated rings. The minimum Gasteiger partial charge on any atom is -0.454 e. The maximum Gasteiger partial charge on any atom is 0.289 e. The Kier molecular flexibility index (Phi) is 4.23. The van der Waals surface area contributed by atoms with E-state index in [2.05, 4.69) is 9.97 Å². The Hall–Kier alpha value is -2.89. The van der Waals surface area contributed by atoms with E-state index in [0.717, 1.165) is 5.56 Å². The number of carbonyl (C=O) groups excluding carboxylic acids is 1. The van der Waals surface area contributed by atoms with E-state index in [0.29, 0.717) is 18.1 Å². The molecule has 1 unspecified atom stereocenters. The molecule has 3 heterocycles. The van der Waals surface area contributed by atoms with E-state index in [-0.39, 0.29) is 11.9 Å². The van der Waals surface area contributed by atoms with Crippen molar-refractivity contribution in [3.63, 3.8) is 0 Å². The molecular weight excluding hydrogens is 292 g/mol. The Balaban J connectivity index is 1.71. The van der Waals surface area contributed by atoms with Crippen molar-refractivity contribution in [2.75, 3.05) is 7.05 Å². The summed E-state index contributed by atoms with van der Waals surface area (Å²) in [6.07, 6.45) is 8.74. The summed E-state index contributed by atoms with van der Waals surface area (Å²) in [7, 11) is 1.76. The lowest BCUT2D eigenvalue weighted by atomic mass is 10.1. The molecule has 1 atom stereocenters. The zero-order chi connectivity index (χ0) is 16.2. The van der Waals surface area contributed by atoms with Crippen molar-refractivity contribution in [3.05, 3.63) is 72.5 Å². The highest BCUT2D eigenvalue weighted by Gasteiger charge is 2.21. The van der Waals surface area contributed by atoms with Gasteiger partial charge in [-0.05, 0) is 30.7 Å². The van der Waals surface area contributed by atoms with Crippen molar-refractivity contribution < 1.29 is 9.21 Å². The Morgan fingerprint density at radius 3 is 2.87 bits per heavy atom. The van der Waals surface area contributed by atoms with Gasteiger partial charge in [0.1, 0.15) is 5.76 Å². The van der Waals surface area contributed by atoms with Gasteiger partial charge in [-0.25, -0.2) is 4.98 Å². The van der Waals surface area contributed by atoms with Crippen molar-refractivity contribution in [2.45, 2.75) is 19.5 Å². The normalized spacial score (nSPS) is 12.1.